The molecule has 0 bridgehead atoms. The smallest absolute Gasteiger partial charge is 0.258 e. The van der Waals surface area contributed by atoms with E-state index in [1.54, 1.807) is 29.8 Å². The zero-order chi connectivity index (χ0) is 24.9. The molecule has 0 atom stereocenters. The molecular formula is C28H29Cl2N3O2. The van der Waals surface area contributed by atoms with Gasteiger partial charge in [0.15, 0.2) is 0 Å². The van der Waals surface area contributed by atoms with E-state index in [1.165, 1.54) is 0 Å². The molecule has 0 aliphatic heterocycles. The second-order valence-corrected chi connectivity index (χ2v) is 9.13. The van der Waals surface area contributed by atoms with Gasteiger partial charge in [-0.25, -0.2) is 0 Å². The summed E-state index contributed by atoms with van der Waals surface area (Å²) in [6.07, 6.45) is 0. The van der Waals surface area contributed by atoms with E-state index >= 15 is 0 Å². The summed E-state index contributed by atoms with van der Waals surface area (Å²) in [4.78, 5) is 15.5. The minimum atomic E-state index is -0.157. The first-order chi connectivity index (χ1) is 16.9. The van der Waals surface area contributed by atoms with Crippen LogP contribution in [-0.2, 0) is 7.05 Å². The minimum absolute atomic E-state index is 0.157. The number of halogens is 2. The fourth-order valence-corrected chi connectivity index (χ4v) is 4.71. The molecule has 0 radical (unpaired) electrons. The van der Waals surface area contributed by atoms with Gasteiger partial charge in [0.1, 0.15) is 12.4 Å². The third kappa shape index (κ3) is 5.64. The molecule has 0 aliphatic carbocycles. The Kier molecular flexibility index (Phi) is 8.01. The van der Waals surface area contributed by atoms with Gasteiger partial charge >= 0.3 is 0 Å². The number of benzene rings is 3. The Morgan fingerprint density at radius 2 is 1.57 bits per heavy atom. The molecule has 0 spiro atoms. The number of nitrogens with zero attached hydrogens (tertiary/aromatic N) is 2. The standard InChI is InChI=1S/C28H29Cl2N3O2/c1-4-33(5-2)15-16-35-22-13-11-20(12-14-22)31-21-10-9-19-17-23(28(34)32(3)26(19)18-21)27-24(29)7-6-8-25(27)30/h6-14,17-18,31H,4-5,15-16H2,1-3H3. The van der Waals surface area contributed by atoms with Gasteiger partial charge in [0.25, 0.3) is 5.56 Å². The van der Waals surface area contributed by atoms with Crippen LogP contribution in [0.2, 0.25) is 10.0 Å². The molecule has 0 fully saturated rings. The highest BCUT2D eigenvalue weighted by molar-refractivity contribution is 6.39. The van der Waals surface area contributed by atoms with Crippen molar-refractivity contribution in [3.63, 3.8) is 0 Å². The number of rotatable bonds is 9. The third-order valence-corrected chi connectivity index (χ3v) is 6.80. The molecule has 3 aromatic carbocycles. The number of ether oxygens (including phenoxy) is 1. The summed E-state index contributed by atoms with van der Waals surface area (Å²) in [5.74, 6) is 0.842. The van der Waals surface area contributed by atoms with Gasteiger partial charge in [0, 0.05) is 30.5 Å². The zero-order valence-corrected chi connectivity index (χ0v) is 21.7. The Bertz CT molecular complexity index is 1360. The molecule has 0 saturated carbocycles. The average Bonchev–Trinajstić information content (AvgIpc) is 2.86. The normalized spacial score (nSPS) is 11.3. The van der Waals surface area contributed by atoms with Gasteiger partial charge in [0.05, 0.1) is 21.1 Å². The first-order valence-electron chi connectivity index (χ1n) is 11.7. The maximum absolute atomic E-state index is 13.2. The van der Waals surface area contributed by atoms with Crippen LogP contribution in [0.1, 0.15) is 13.8 Å². The van der Waals surface area contributed by atoms with Crippen LogP contribution < -0.4 is 15.6 Å². The van der Waals surface area contributed by atoms with Gasteiger partial charge in [0.2, 0.25) is 0 Å². The lowest BCUT2D eigenvalue weighted by Gasteiger charge is -2.18. The topological polar surface area (TPSA) is 46.5 Å². The number of hydrogen-bond acceptors (Lipinski definition) is 4. The highest BCUT2D eigenvalue weighted by atomic mass is 35.5. The number of likely N-dealkylation sites (N-methyl/N-ethyl adjacent to an activating group) is 1. The van der Waals surface area contributed by atoms with Crippen LogP contribution in [0.25, 0.3) is 22.0 Å². The van der Waals surface area contributed by atoms with Gasteiger partial charge < -0.3 is 19.5 Å². The van der Waals surface area contributed by atoms with Gasteiger partial charge in [-0.05, 0) is 73.1 Å². The number of fused-ring (bicyclic) bond motifs is 1. The Morgan fingerprint density at radius 3 is 2.23 bits per heavy atom. The van der Waals surface area contributed by atoms with Crippen molar-refractivity contribution in [1.29, 1.82) is 0 Å². The summed E-state index contributed by atoms with van der Waals surface area (Å²) in [7, 11) is 1.76. The minimum Gasteiger partial charge on any atom is -0.492 e. The molecule has 1 heterocycles. The van der Waals surface area contributed by atoms with Gasteiger partial charge in [-0.15, -0.1) is 0 Å². The lowest BCUT2D eigenvalue weighted by molar-refractivity contribution is 0.223. The molecular weight excluding hydrogens is 481 g/mol. The van der Waals surface area contributed by atoms with E-state index in [2.05, 4.69) is 24.1 Å². The van der Waals surface area contributed by atoms with E-state index in [4.69, 9.17) is 27.9 Å². The van der Waals surface area contributed by atoms with Crippen molar-refractivity contribution < 1.29 is 4.74 Å². The number of pyridine rings is 1. The molecule has 1 aromatic heterocycles. The summed E-state index contributed by atoms with van der Waals surface area (Å²) in [5.41, 5.74) is 3.50. The Balaban J connectivity index is 1.53. The number of hydrogen-bond donors (Lipinski definition) is 1. The fourth-order valence-electron chi connectivity index (χ4n) is 4.11. The summed E-state index contributed by atoms with van der Waals surface area (Å²) in [6.45, 7) is 7.93. The van der Waals surface area contributed by atoms with E-state index in [0.29, 0.717) is 27.8 Å². The van der Waals surface area contributed by atoms with Crippen molar-refractivity contribution in [2.45, 2.75) is 13.8 Å². The van der Waals surface area contributed by atoms with E-state index in [-0.39, 0.29) is 5.56 Å². The quantitative estimate of drug-likeness (QED) is 0.264. The number of nitrogens with one attached hydrogen (secondary N) is 1. The van der Waals surface area contributed by atoms with Crippen LogP contribution in [-0.4, -0.2) is 35.7 Å². The molecule has 0 saturated heterocycles. The highest BCUT2D eigenvalue weighted by Gasteiger charge is 2.15. The first-order valence-corrected chi connectivity index (χ1v) is 12.5. The SMILES string of the molecule is CCN(CC)CCOc1ccc(Nc2ccc3cc(-c4c(Cl)cccc4Cl)c(=O)n(C)c3c2)cc1. The lowest BCUT2D eigenvalue weighted by Crippen LogP contribution is -2.27. The molecule has 35 heavy (non-hydrogen) atoms. The van der Waals surface area contributed by atoms with Gasteiger partial charge in [-0.1, -0.05) is 49.2 Å². The van der Waals surface area contributed by atoms with Crippen molar-refractivity contribution in [1.82, 2.24) is 9.47 Å². The van der Waals surface area contributed by atoms with Crippen LogP contribution >= 0.6 is 23.2 Å². The molecule has 0 amide bonds. The highest BCUT2D eigenvalue weighted by Crippen LogP contribution is 2.34. The van der Waals surface area contributed by atoms with Crippen LogP contribution in [0.5, 0.6) is 5.75 Å². The largest absolute Gasteiger partial charge is 0.492 e. The maximum Gasteiger partial charge on any atom is 0.258 e. The molecule has 4 rings (SSSR count). The van der Waals surface area contributed by atoms with E-state index in [9.17, 15) is 4.79 Å². The van der Waals surface area contributed by atoms with Gasteiger partial charge in [-0.3, -0.25) is 4.79 Å². The Hall–Kier alpha value is -2.99. The Labute approximate surface area is 215 Å². The third-order valence-electron chi connectivity index (χ3n) is 6.17. The van der Waals surface area contributed by atoms with Crippen molar-refractivity contribution >= 4 is 45.5 Å². The molecule has 5 nitrogen and oxygen atoms in total. The monoisotopic (exact) mass is 509 g/mol. The van der Waals surface area contributed by atoms with Gasteiger partial charge in [-0.2, -0.15) is 0 Å². The molecule has 182 valence electrons. The number of aryl methyl sites for hydroxylation is 1. The molecule has 0 aliphatic rings. The second kappa shape index (κ2) is 11.2. The number of anilines is 2. The average molecular weight is 510 g/mol. The van der Waals surface area contributed by atoms with Crippen molar-refractivity contribution in [3.05, 3.63) is 87.1 Å². The van der Waals surface area contributed by atoms with E-state index in [0.717, 1.165) is 47.7 Å². The first kappa shape index (κ1) is 25.1. The summed E-state index contributed by atoms with van der Waals surface area (Å²) in [6, 6.07) is 20.9. The van der Waals surface area contributed by atoms with Crippen LogP contribution in [0, 0.1) is 0 Å². The van der Waals surface area contributed by atoms with Crippen molar-refractivity contribution in [2.75, 3.05) is 31.6 Å². The summed E-state index contributed by atoms with van der Waals surface area (Å²) < 4.78 is 7.50. The molecule has 4 aromatic rings. The maximum atomic E-state index is 13.2. The summed E-state index contributed by atoms with van der Waals surface area (Å²) >= 11 is 12.7. The van der Waals surface area contributed by atoms with Crippen molar-refractivity contribution in [2.24, 2.45) is 7.05 Å². The van der Waals surface area contributed by atoms with E-state index in [1.807, 2.05) is 48.5 Å². The predicted molar refractivity (Wildman–Crippen MR) is 148 cm³/mol. The number of aromatic nitrogens is 1. The summed E-state index contributed by atoms with van der Waals surface area (Å²) in [5, 5.41) is 5.23. The second-order valence-electron chi connectivity index (χ2n) is 8.32. The van der Waals surface area contributed by atoms with Crippen LogP contribution in [0.3, 0.4) is 0 Å². The zero-order valence-electron chi connectivity index (χ0n) is 20.1. The van der Waals surface area contributed by atoms with E-state index < -0.39 is 0 Å². The Morgan fingerprint density at radius 1 is 0.914 bits per heavy atom. The lowest BCUT2D eigenvalue weighted by atomic mass is 10.0. The molecule has 0 unspecified atom stereocenters. The molecule has 1 N–H and O–H groups in total. The van der Waals surface area contributed by atoms with Crippen LogP contribution in [0.15, 0.2) is 71.5 Å². The van der Waals surface area contributed by atoms with Crippen LogP contribution in [0.4, 0.5) is 11.4 Å². The fraction of sp³-hybridized carbons (Fsp3) is 0.250. The van der Waals surface area contributed by atoms with Crippen molar-refractivity contribution in [3.8, 4) is 16.9 Å². The molecule has 7 heteroatoms. The predicted octanol–water partition coefficient (Wildman–Crippen LogP) is 6.98.